The van der Waals surface area contributed by atoms with E-state index in [0.29, 0.717) is 6.42 Å². The van der Waals surface area contributed by atoms with Gasteiger partial charge >= 0.3 is 6.03 Å². The molecule has 1 atom stereocenters. The van der Waals surface area contributed by atoms with Crippen molar-refractivity contribution in [2.24, 2.45) is 0 Å². The molecule has 1 heterocycles. The molecule has 2 aliphatic rings. The van der Waals surface area contributed by atoms with Crippen LogP contribution in [0.25, 0.3) is 0 Å². The number of carbonyl (C=O) groups excluding carboxylic acids is 2. The molecule has 104 valence electrons. The van der Waals surface area contributed by atoms with Crippen LogP contribution in [-0.2, 0) is 11.2 Å². The van der Waals surface area contributed by atoms with Crippen molar-refractivity contribution < 1.29 is 9.59 Å². The Kier molecular flexibility index (Phi) is 3.30. The summed E-state index contributed by atoms with van der Waals surface area (Å²) in [6.45, 7) is 2.10. The van der Waals surface area contributed by atoms with Gasteiger partial charge in [-0.25, -0.2) is 4.79 Å². The second-order valence-electron chi connectivity index (χ2n) is 5.30. The highest BCUT2D eigenvalue weighted by Crippen LogP contribution is 2.33. The number of hydrogen-bond donors (Lipinski definition) is 2. The van der Waals surface area contributed by atoms with Crippen molar-refractivity contribution in [3.63, 3.8) is 0 Å². The molecule has 0 aromatic heterocycles. The number of rotatable bonds is 2. The van der Waals surface area contributed by atoms with Gasteiger partial charge in [0.2, 0.25) is 0 Å². The van der Waals surface area contributed by atoms with Gasteiger partial charge in [0.25, 0.3) is 0 Å². The lowest BCUT2D eigenvalue weighted by Crippen LogP contribution is -2.46. The predicted molar refractivity (Wildman–Crippen MR) is 76.1 cm³/mol. The van der Waals surface area contributed by atoms with Crippen LogP contribution in [0.5, 0.6) is 0 Å². The number of urea groups is 1. The summed E-state index contributed by atoms with van der Waals surface area (Å²) in [5.41, 5.74) is 3.76. The number of Topliss-reactive ketones (excluding diaryl/α,β-unsaturated/α-hetero) is 1. The van der Waals surface area contributed by atoms with E-state index in [4.69, 9.17) is 0 Å². The van der Waals surface area contributed by atoms with E-state index in [-0.39, 0.29) is 17.9 Å². The topological polar surface area (TPSA) is 58.2 Å². The Morgan fingerprint density at radius 1 is 1.15 bits per heavy atom. The molecule has 0 radical (unpaired) electrons. The lowest BCUT2D eigenvalue weighted by Gasteiger charge is -2.32. The van der Waals surface area contributed by atoms with Gasteiger partial charge in [0.05, 0.1) is 6.04 Å². The molecule has 20 heavy (non-hydrogen) atoms. The minimum absolute atomic E-state index is 0.142. The third-order valence-corrected chi connectivity index (χ3v) is 4.01. The highest BCUT2D eigenvalue weighted by Gasteiger charge is 2.34. The molecule has 0 bridgehead atoms. The van der Waals surface area contributed by atoms with Gasteiger partial charge in [-0.2, -0.15) is 0 Å². The Bertz CT molecular complexity index is 587. The third-order valence-electron chi connectivity index (χ3n) is 4.01. The quantitative estimate of drug-likeness (QED) is 0.868. The summed E-state index contributed by atoms with van der Waals surface area (Å²) < 4.78 is 0. The van der Waals surface area contributed by atoms with Crippen LogP contribution >= 0.6 is 0 Å². The normalized spacial score (nSPS) is 22.1. The monoisotopic (exact) mass is 270 g/mol. The molecule has 0 spiro atoms. The number of allylic oxidation sites excluding steroid dienone is 1. The van der Waals surface area contributed by atoms with Crippen molar-refractivity contribution in [3.05, 3.63) is 46.7 Å². The zero-order valence-corrected chi connectivity index (χ0v) is 11.5. The number of benzene rings is 1. The van der Waals surface area contributed by atoms with E-state index in [2.05, 4.69) is 29.7 Å². The maximum Gasteiger partial charge on any atom is 0.319 e. The zero-order valence-electron chi connectivity index (χ0n) is 11.5. The molecule has 4 heteroatoms. The maximum atomic E-state index is 12.2. The van der Waals surface area contributed by atoms with Crippen molar-refractivity contribution in [3.8, 4) is 0 Å². The second kappa shape index (κ2) is 5.12. The predicted octanol–water partition coefficient (Wildman–Crippen LogP) is 2.61. The molecular weight excluding hydrogens is 252 g/mol. The largest absolute Gasteiger partial charge is 0.327 e. The van der Waals surface area contributed by atoms with Gasteiger partial charge in [-0.3, -0.25) is 4.79 Å². The highest BCUT2D eigenvalue weighted by atomic mass is 16.2. The van der Waals surface area contributed by atoms with E-state index in [1.807, 2.05) is 12.1 Å². The fraction of sp³-hybridized carbons (Fsp3) is 0.375. The van der Waals surface area contributed by atoms with Crippen LogP contribution < -0.4 is 10.6 Å². The number of ketones is 1. The van der Waals surface area contributed by atoms with Crippen molar-refractivity contribution in [1.82, 2.24) is 10.6 Å². The fourth-order valence-electron chi connectivity index (χ4n) is 2.90. The lowest BCUT2D eigenvalue weighted by atomic mass is 9.85. The second-order valence-corrected chi connectivity index (χ2v) is 5.30. The summed E-state index contributed by atoms with van der Waals surface area (Å²) >= 11 is 0. The van der Waals surface area contributed by atoms with Crippen LogP contribution in [0.15, 0.2) is 35.5 Å². The first-order valence-electron chi connectivity index (χ1n) is 7.11. The van der Waals surface area contributed by atoms with Crippen LogP contribution in [0.1, 0.15) is 43.4 Å². The Labute approximate surface area is 118 Å². The molecule has 1 aromatic rings. The fourth-order valence-corrected chi connectivity index (χ4v) is 2.90. The average Bonchev–Trinajstić information content (AvgIpc) is 2.46. The molecule has 4 nitrogen and oxygen atoms in total. The minimum Gasteiger partial charge on any atom is -0.327 e. The van der Waals surface area contributed by atoms with Crippen LogP contribution in [0, 0.1) is 0 Å². The van der Waals surface area contributed by atoms with Crippen LogP contribution in [0.4, 0.5) is 4.79 Å². The molecule has 0 saturated carbocycles. The molecule has 3 rings (SSSR count). The van der Waals surface area contributed by atoms with Gasteiger partial charge in [-0.05, 0) is 30.4 Å². The molecule has 0 saturated heterocycles. The van der Waals surface area contributed by atoms with Gasteiger partial charge in [0.1, 0.15) is 0 Å². The van der Waals surface area contributed by atoms with Gasteiger partial charge in [-0.15, -0.1) is 0 Å². The summed E-state index contributed by atoms with van der Waals surface area (Å²) in [7, 11) is 0. The van der Waals surface area contributed by atoms with E-state index in [1.54, 1.807) is 0 Å². The Morgan fingerprint density at radius 3 is 2.60 bits per heavy atom. The minimum atomic E-state index is -0.308. The Morgan fingerprint density at radius 2 is 1.90 bits per heavy atom. The van der Waals surface area contributed by atoms with E-state index in [1.165, 1.54) is 5.56 Å². The highest BCUT2D eigenvalue weighted by molar-refractivity contribution is 6.00. The first kappa shape index (κ1) is 12.9. The average molecular weight is 270 g/mol. The summed E-state index contributed by atoms with van der Waals surface area (Å²) in [6, 6.07) is 7.58. The maximum absolute atomic E-state index is 12.2. The zero-order chi connectivity index (χ0) is 14.1. The lowest BCUT2D eigenvalue weighted by molar-refractivity contribution is -0.116. The number of amides is 2. The Hall–Kier alpha value is -2.10. The van der Waals surface area contributed by atoms with E-state index >= 15 is 0 Å². The molecule has 1 aliphatic carbocycles. The number of hydrogen-bond acceptors (Lipinski definition) is 2. The number of nitrogens with one attached hydrogen (secondary N) is 2. The van der Waals surface area contributed by atoms with Crippen molar-refractivity contribution in [2.75, 3.05) is 0 Å². The molecule has 1 aliphatic heterocycles. The smallest absolute Gasteiger partial charge is 0.319 e. The summed E-state index contributed by atoms with van der Waals surface area (Å²) in [5.74, 6) is 0.142. The number of carbonyl (C=O) groups is 2. The number of aryl methyl sites for hydroxylation is 1. The van der Waals surface area contributed by atoms with Gasteiger partial charge < -0.3 is 10.6 Å². The van der Waals surface area contributed by atoms with E-state index in [0.717, 1.165) is 36.1 Å². The van der Waals surface area contributed by atoms with Crippen molar-refractivity contribution >= 4 is 11.8 Å². The standard InChI is InChI=1S/C16H18N2O2/c1-2-10-6-8-11(9-7-10)15-14-12(17-16(20)18-15)4-3-5-13(14)19/h6-9,15H,2-5H2,1H3,(H2,17,18,20)/t15-/m0/s1. The molecule has 0 fully saturated rings. The van der Waals surface area contributed by atoms with Gasteiger partial charge in [-0.1, -0.05) is 31.2 Å². The van der Waals surface area contributed by atoms with Gasteiger partial charge in [0.15, 0.2) is 5.78 Å². The van der Waals surface area contributed by atoms with Crippen LogP contribution in [0.2, 0.25) is 0 Å². The first-order chi connectivity index (χ1) is 9.69. The summed E-state index contributed by atoms with van der Waals surface area (Å²) in [4.78, 5) is 24.0. The van der Waals surface area contributed by atoms with E-state index < -0.39 is 0 Å². The Balaban J connectivity index is 2.01. The molecular formula is C16H18N2O2. The van der Waals surface area contributed by atoms with Crippen LogP contribution in [0.3, 0.4) is 0 Å². The van der Waals surface area contributed by atoms with Crippen LogP contribution in [-0.4, -0.2) is 11.8 Å². The summed E-state index contributed by atoms with van der Waals surface area (Å²) in [5, 5.41) is 5.65. The first-order valence-corrected chi connectivity index (χ1v) is 7.11. The molecule has 0 unspecified atom stereocenters. The summed E-state index contributed by atoms with van der Waals surface area (Å²) in [6.07, 6.45) is 3.14. The van der Waals surface area contributed by atoms with Crippen molar-refractivity contribution in [2.45, 2.75) is 38.6 Å². The third kappa shape index (κ3) is 2.22. The van der Waals surface area contributed by atoms with Gasteiger partial charge in [0, 0.05) is 17.7 Å². The molecule has 2 N–H and O–H groups in total. The van der Waals surface area contributed by atoms with E-state index in [9.17, 15) is 9.59 Å². The molecule has 2 amide bonds. The molecule has 1 aromatic carbocycles. The SMILES string of the molecule is CCc1ccc([C@@H]2NC(=O)NC3=C2C(=O)CCC3)cc1. The van der Waals surface area contributed by atoms with Crippen molar-refractivity contribution in [1.29, 1.82) is 0 Å².